The Morgan fingerprint density at radius 3 is 2.33 bits per heavy atom. The Kier molecular flexibility index (Phi) is 3.05. The number of hydrogen-bond acceptors (Lipinski definition) is 4. The van der Waals surface area contributed by atoms with Gasteiger partial charge in [-0.1, -0.05) is 0 Å². The summed E-state index contributed by atoms with van der Waals surface area (Å²) in [5, 5.41) is 18.0. The van der Waals surface area contributed by atoms with E-state index in [-0.39, 0.29) is 9.37 Å². The van der Waals surface area contributed by atoms with Gasteiger partial charge in [0, 0.05) is 6.26 Å². The molecule has 0 fully saturated rings. The normalized spacial score (nSPS) is 11.3. The summed E-state index contributed by atoms with van der Waals surface area (Å²) in [6.07, 6.45) is 0.956. The maximum atomic E-state index is 11.2. The highest BCUT2D eigenvalue weighted by Gasteiger charge is 2.18. The highest BCUT2D eigenvalue weighted by Crippen LogP contribution is 2.31. The molecule has 2 N–H and O–H groups in total. The predicted octanol–water partition coefficient (Wildman–Crippen LogP) is 1.26. The fraction of sp³-hybridized carbons (Fsp3) is 0.125. The van der Waals surface area contributed by atoms with Crippen molar-refractivity contribution in [2.75, 3.05) is 6.26 Å². The van der Waals surface area contributed by atoms with Gasteiger partial charge in [0.05, 0.1) is 9.37 Å². The van der Waals surface area contributed by atoms with Crippen LogP contribution in [0.15, 0.2) is 21.5 Å². The number of carbonyl (C=O) groups is 1. The maximum Gasteiger partial charge on any atom is 0.339 e. The molecule has 0 unspecified atom stereocenters. The number of carboxylic acids is 1. The van der Waals surface area contributed by atoms with Gasteiger partial charge >= 0.3 is 5.97 Å². The largest absolute Gasteiger partial charge is 0.506 e. The lowest BCUT2D eigenvalue weighted by molar-refractivity contribution is 0.0693. The molecule has 0 spiro atoms. The van der Waals surface area contributed by atoms with Crippen LogP contribution in [0.4, 0.5) is 0 Å². The van der Waals surface area contributed by atoms with Gasteiger partial charge in [-0.15, -0.1) is 0 Å². The zero-order valence-corrected chi connectivity index (χ0v) is 9.96. The Morgan fingerprint density at radius 2 is 1.93 bits per heavy atom. The summed E-state index contributed by atoms with van der Waals surface area (Å²) >= 11 is 2.88. The van der Waals surface area contributed by atoms with Gasteiger partial charge in [-0.2, -0.15) is 0 Å². The monoisotopic (exact) mass is 294 g/mol. The minimum atomic E-state index is -3.50. The van der Waals surface area contributed by atoms with E-state index in [9.17, 15) is 18.3 Å². The van der Waals surface area contributed by atoms with E-state index >= 15 is 0 Å². The Bertz CT molecular complexity index is 520. The fourth-order valence-electron chi connectivity index (χ4n) is 0.951. The molecule has 0 aromatic heterocycles. The van der Waals surface area contributed by atoms with Crippen molar-refractivity contribution in [3.63, 3.8) is 0 Å². The second-order valence-corrected chi connectivity index (χ2v) is 5.75. The molecule has 1 rings (SSSR count). The Morgan fingerprint density at radius 1 is 1.40 bits per heavy atom. The number of carboxylic acid groups (broad SMARTS) is 1. The first-order valence-electron chi connectivity index (χ1n) is 3.69. The second-order valence-electron chi connectivity index (χ2n) is 2.88. The molecule has 0 bridgehead atoms. The average molecular weight is 295 g/mol. The summed E-state index contributed by atoms with van der Waals surface area (Å²) in [5.74, 6) is -1.88. The van der Waals surface area contributed by atoms with E-state index in [0.717, 1.165) is 18.4 Å². The molecule has 0 amide bonds. The number of phenols is 1. The van der Waals surface area contributed by atoms with Gasteiger partial charge in [0.15, 0.2) is 9.84 Å². The molecule has 0 heterocycles. The first kappa shape index (κ1) is 12.0. The summed E-state index contributed by atoms with van der Waals surface area (Å²) in [5.41, 5.74) is -0.454. The Labute approximate surface area is 94.4 Å². The van der Waals surface area contributed by atoms with Crippen molar-refractivity contribution in [3.8, 4) is 5.75 Å². The van der Waals surface area contributed by atoms with Crippen molar-refractivity contribution in [1.82, 2.24) is 0 Å². The summed E-state index contributed by atoms with van der Waals surface area (Å²) in [4.78, 5) is 10.5. The van der Waals surface area contributed by atoms with Crippen molar-refractivity contribution >= 4 is 31.7 Å². The number of halogens is 1. The van der Waals surface area contributed by atoms with Gasteiger partial charge in [0.2, 0.25) is 0 Å². The fourth-order valence-corrected chi connectivity index (χ4v) is 2.23. The van der Waals surface area contributed by atoms with Gasteiger partial charge in [-0.3, -0.25) is 0 Å². The minimum absolute atomic E-state index is 0.0304. The lowest BCUT2D eigenvalue weighted by Crippen LogP contribution is -2.03. The first-order valence-corrected chi connectivity index (χ1v) is 6.38. The van der Waals surface area contributed by atoms with Crippen molar-refractivity contribution in [1.29, 1.82) is 0 Å². The smallest absolute Gasteiger partial charge is 0.339 e. The third-order valence-corrected chi connectivity index (χ3v) is 3.39. The standard InChI is InChI=1S/C8H7BrO5S/c1-15(13,14)4-2-5(8(11)12)7(10)6(9)3-4/h2-3,10H,1H3,(H,11,12). The Hall–Kier alpha value is -1.08. The van der Waals surface area contributed by atoms with Crippen LogP contribution in [-0.4, -0.2) is 30.9 Å². The van der Waals surface area contributed by atoms with Crippen LogP contribution in [0, 0.1) is 0 Å². The third-order valence-electron chi connectivity index (χ3n) is 1.70. The molecule has 0 radical (unpaired) electrons. The molecule has 0 saturated heterocycles. The third kappa shape index (κ3) is 2.48. The number of aromatic carboxylic acids is 1. The summed E-state index contributed by atoms with van der Waals surface area (Å²) in [7, 11) is -3.50. The number of aromatic hydroxyl groups is 1. The van der Waals surface area contributed by atoms with Crippen LogP contribution in [-0.2, 0) is 9.84 Å². The molecule has 5 nitrogen and oxygen atoms in total. The van der Waals surface area contributed by atoms with Crippen molar-refractivity contribution in [3.05, 3.63) is 22.2 Å². The predicted molar refractivity (Wildman–Crippen MR) is 55.9 cm³/mol. The van der Waals surface area contributed by atoms with E-state index < -0.39 is 27.1 Å². The van der Waals surface area contributed by atoms with Gasteiger partial charge in [0.1, 0.15) is 11.3 Å². The van der Waals surface area contributed by atoms with Gasteiger partial charge < -0.3 is 10.2 Å². The van der Waals surface area contributed by atoms with Crippen LogP contribution >= 0.6 is 15.9 Å². The van der Waals surface area contributed by atoms with Crippen LogP contribution in [0.3, 0.4) is 0 Å². The topological polar surface area (TPSA) is 91.7 Å². The molecule has 1 aromatic carbocycles. The number of hydrogen-bond donors (Lipinski definition) is 2. The SMILES string of the molecule is CS(=O)(=O)c1cc(Br)c(O)c(C(=O)O)c1. The maximum absolute atomic E-state index is 11.2. The van der Waals surface area contributed by atoms with E-state index in [1.165, 1.54) is 0 Å². The number of benzene rings is 1. The highest BCUT2D eigenvalue weighted by molar-refractivity contribution is 9.10. The molecular weight excluding hydrogens is 288 g/mol. The molecule has 82 valence electrons. The van der Waals surface area contributed by atoms with Crippen molar-refractivity contribution in [2.45, 2.75) is 4.90 Å². The zero-order valence-electron chi connectivity index (χ0n) is 7.56. The van der Waals surface area contributed by atoms with Crippen LogP contribution in [0.25, 0.3) is 0 Å². The first-order chi connectivity index (χ1) is 6.73. The average Bonchev–Trinajstić information content (AvgIpc) is 2.06. The quantitative estimate of drug-likeness (QED) is 0.857. The van der Waals surface area contributed by atoms with E-state index in [1.807, 2.05) is 0 Å². The van der Waals surface area contributed by atoms with Crippen LogP contribution in [0.2, 0.25) is 0 Å². The summed E-state index contributed by atoms with van der Waals surface area (Å²) < 4.78 is 22.4. The van der Waals surface area contributed by atoms with E-state index in [1.54, 1.807) is 0 Å². The summed E-state index contributed by atoms with van der Waals surface area (Å²) in [6, 6.07) is 2.06. The number of rotatable bonds is 2. The molecular formula is C8H7BrO5S. The minimum Gasteiger partial charge on any atom is -0.506 e. The van der Waals surface area contributed by atoms with Crippen LogP contribution in [0.5, 0.6) is 5.75 Å². The summed E-state index contributed by atoms with van der Waals surface area (Å²) in [6.45, 7) is 0. The van der Waals surface area contributed by atoms with Crippen molar-refractivity contribution in [2.24, 2.45) is 0 Å². The number of sulfone groups is 1. The van der Waals surface area contributed by atoms with E-state index in [0.29, 0.717) is 0 Å². The highest BCUT2D eigenvalue weighted by atomic mass is 79.9. The molecule has 0 aliphatic heterocycles. The molecule has 0 aliphatic rings. The van der Waals surface area contributed by atoms with E-state index in [2.05, 4.69) is 15.9 Å². The molecule has 0 aliphatic carbocycles. The lowest BCUT2D eigenvalue weighted by atomic mass is 10.2. The van der Waals surface area contributed by atoms with Gasteiger partial charge in [-0.25, -0.2) is 13.2 Å². The molecule has 1 aromatic rings. The molecule has 15 heavy (non-hydrogen) atoms. The molecule has 7 heteroatoms. The van der Waals surface area contributed by atoms with E-state index in [4.69, 9.17) is 5.11 Å². The van der Waals surface area contributed by atoms with Gasteiger partial charge in [0.25, 0.3) is 0 Å². The molecule has 0 atom stereocenters. The zero-order chi connectivity index (χ0) is 11.8. The molecule has 0 saturated carbocycles. The van der Waals surface area contributed by atoms with Crippen LogP contribution in [0.1, 0.15) is 10.4 Å². The second kappa shape index (κ2) is 3.82. The lowest BCUT2D eigenvalue weighted by Gasteiger charge is -2.05. The Balaban J connectivity index is 3.57. The van der Waals surface area contributed by atoms with Gasteiger partial charge in [-0.05, 0) is 28.1 Å². The van der Waals surface area contributed by atoms with Crippen LogP contribution < -0.4 is 0 Å². The van der Waals surface area contributed by atoms with Crippen molar-refractivity contribution < 1.29 is 23.4 Å².